The molecule has 3 aromatic rings. The van der Waals surface area contributed by atoms with Crippen LogP contribution >= 0.6 is 11.6 Å². The Hall–Kier alpha value is -2.71. The standard InChI is InChI=1S/C17H15ClN4O3S/c1-12-2-4-15(5-3-12)26(24,25)22-7-6-13(11-22)17(23)21-9-14-8-20-16(18)10-19-14/h2-8,10-11H,9H2,1H3,(H,21,23). The first kappa shape index (κ1) is 18.1. The van der Waals surface area contributed by atoms with Crippen molar-refractivity contribution < 1.29 is 13.2 Å². The molecular formula is C17H15ClN4O3S. The van der Waals surface area contributed by atoms with Crippen molar-refractivity contribution in [2.45, 2.75) is 18.4 Å². The molecule has 3 rings (SSSR count). The molecule has 0 saturated heterocycles. The molecule has 0 bridgehead atoms. The van der Waals surface area contributed by atoms with Gasteiger partial charge in [-0.2, -0.15) is 0 Å². The second-order valence-electron chi connectivity index (χ2n) is 5.56. The Morgan fingerprint density at radius 3 is 2.54 bits per heavy atom. The Morgan fingerprint density at radius 2 is 1.88 bits per heavy atom. The lowest BCUT2D eigenvalue weighted by atomic mass is 10.2. The highest BCUT2D eigenvalue weighted by atomic mass is 35.5. The summed E-state index contributed by atoms with van der Waals surface area (Å²) in [5.74, 6) is -0.417. The summed E-state index contributed by atoms with van der Waals surface area (Å²) >= 11 is 5.65. The number of carbonyl (C=O) groups is 1. The van der Waals surface area contributed by atoms with Gasteiger partial charge in [0.25, 0.3) is 15.9 Å². The fourth-order valence-corrected chi connectivity index (χ4v) is 3.49. The molecule has 1 amide bonds. The van der Waals surface area contributed by atoms with Crippen molar-refractivity contribution in [3.05, 3.63) is 77.1 Å². The van der Waals surface area contributed by atoms with E-state index < -0.39 is 15.9 Å². The van der Waals surface area contributed by atoms with E-state index in [0.29, 0.717) is 5.69 Å². The number of nitrogens with one attached hydrogen (secondary N) is 1. The predicted octanol–water partition coefficient (Wildman–Crippen LogP) is 2.41. The number of hydrogen-bond acceptors (Lipinski definition) is 5. The maximum Gasteiger partial charge on any atom is 0.267 e. The molecular weight excluding hydrogens is 376 g/mol. The predicted molar refractivity (Wildman–Crippen MR) is 96.4 cm³/mol. The van der Waals surface area contributed by atoms with Crippen molar-refractivity contribution in [3.63, 3.8) is 0 Å². The van der Waals surface area contributed by atoms with Gasteiger partial charge in [0.15, 0.2) is 0 Å². The average Bonchev–Trinajstić information content (AvgIpc) is 3.12. The van der Waals surface area contributed by atoms with Crippen LogP contribution in [0.3, 0.4) is 0 Å². The zero-order valence-corrected chi connectivity index (χ0v) is 15.3. The second kappa shape index (κ2) is 7.27. The van der Waals surface area contributed by atoms with Crippen LogP contribution in [-0.2, 0) is 16.6 Å². The van der Waals surface area contributed by atoms with Gasteiger partial charge in [0.1, 0.15) is 5.15 Å². The summed E-state index contributed by atoms with van der Waals surface area (Å²) in [4.78, 5) is 20.3. The topological polar surface area (TPSA) is 94.0 Å². The van der Waals surface area contributed by atoms with E-state index in [9.17, 15) is 13.2 Å². The number of carbonyl (C=O) groups excluding carboxylic acids is 1. The van der Waals surface area contributed by atoms with Crippen LogP contribution in [0.4, 0.5) is 0 Å². The average molecular weight is 391 g/mol. The zero-order valence-electron chi connectivity index (χ0n) is 13.8. The summed E-state index contributed by atoms with van der Waals surface area (Å²) in [5.41, 5.74) is 1.72. The highest BCUT2D eigenvalue weighted by molar-refractivity contribution is 7.90. The van der Waals surface area contributed by atoms with E-state index in [2.05, 4.69) is 15.3 Å². The highest BCUT2D eigenvalue weighted by Gasteiger charge is 2.18. The van der Waals surface area contributed by atoms with Crippen LogP contribution in [0.1, 0.15) is 21.6 Å². The van der Waals surface area contributed by atoms with Crippen molar-refractivity contribution in [1.29, 1.82) is 0 Å². The first-order valence-corrected chi connectivity index (χ1v) is 9.43. The number of hydrogen-bond donors (Lipinski definition) is 1. The molecule has 0 aliphatic rings. The Bertz CT molecular complexity index is 1030. The van der Waals surface area contributed by atoms with Gasteiger partial charge >= 0.3 is 0 Å². The number of benzene rings is 1. The molecule has 134 valence electrons. The van der Waals surface area contributed by atoms with Crippen molar-refractivity contribution in [1.82, 2.24) is 19.3 Å². The summed E-state index contributed by atoms with van der Waals surface area (Å²) in [6.45, 7) is 2.03. The number of aromatic nitrogens is 3. The van der Waals surface area contributed by atoms with Gasteiger partial charge in [-0.1, -0.05) is 29.3 Å². The Morgan fingerprint density at radius 1 is 1.15 bits per heavy atom. The second-order valence-corrected chi connectivity index (χ2v) is 7.79. The highest BCUT2D eigenvalue weighted by Crippen LogP contribution is 2.16. The summed E-state index contributed by atoms with van der Waals surface area (Å²) in [5, 5.41) is 2.92. The van der Waals surface area contributed by atoms with Crippen molar-refractivity contribution in [3.8, 4) is 0 Å². The molecule has 0 aliphatic heterocycles. The maximum absolute atomic E-state index is 12.6. The summed E-state index contributed by atoms with van der Waals surface area (Å²) < 4.78 is 26.2. The van der Waals surface area contributed by atoms with E-state index in [1.165, 1.54) is 43.0 Å². The van der Waals surface area contributed by atoms with Crippen LogP contribution in [0.5, 0.6) is 0 Å². The van der Waals surface area contributed by atoms with E-state index >= 15 is 0 Å². The minimum Gasteiger partial charge on any atom is -0.346 e. The molecule has 0 saturated carbocycles. The Labute approximate surface area is 155 Å². The minimum absolute atomic E-state index is 0.152. The summed E-state index contributed by atoms with van der Waals surface area (Å²) in [6.07, 6.45) is 5.45. The van der Waals surface area contributed by atoms with Crippen LogP contribution in [0, 0.1) is 6.92 Å². The Kier molecular flexibility index (Phi) is 5.06. The molecule has 1 N–H and O–H groups in total. The molecule has 2 aromatic heterocycles. The van der Waals surface area contributed by atoms with Crippen molar-refractivity contribution in [2.24, 2.45) is 0 Å². The fourth-order valence-electron chi connectivity index (χ4n) is 2.20. The molecule has 0 spiro atoms. The van der Waals surface area contributed by atoms with Gasteiger partial charge in [0, 0.05) is 12.4 Å². The number of rotatable bonds is 5. The third-order valence-electron chi connectivity index (χ3n) is 3.63. The number of aryl methyl sites for hydroxylation is 1. The van der Waals surface area contributed by atoms with Gasteiger partial charge in [-0.05, 0) is 25.1 Å². The molecule has 0 unspecified atom stereocenters. The lowest BCUT2D eigenvalue weighted by Gasteiger charge is -2.06. The molecule has 7 nitrogen and oxygen atoms in total. The molecule has 9 heteroatoms. The van der Waals surface area contributed by atoms with Crippen LogP contribution in [-0.4, -0.2) is 28.3 Å². The first-order chi connectivity index (χ1) is 12.4. The molecule has 26 heavy (non-hydrogen) atoms. The van der Waals surface area contributed by atoms with Gasteiger partial charge in [-0.3, -0.25) is 9.78 Å². The van der Waals surface area contributed by atoms with Crippen LogP contribution in [0.25, 0.3) is 0 Å². The van der Waals surface area contributed by atoms with Crippen LogP contribution in [0.15, 0.2) is 60.0 Å². The SMILES string of the molecule is Cc1ccc(S(=O)(=O)n2ccc(C(=O)NCc3cnc(Cl)cn3)c2)cc1. The van der Waals surface area contributed by atoms with E-state index in [0.717, 1.165) is 9.54 Å². The van der Waals surface area contributed by atoms with E-state index in [1.54, 1.807) is 12.1 Å². The van der Waals surface area contributed by atoms with Crippen LogP contribution in [0.2, 0.25) is 5.15 Å². The molecule has 0 radical (unpaired) electrons. The lowest BCUT2D eigenvalue weighted by Crippen LogP contribution is -2.23. The lowest BCUT2D eigenvalue weighted by molar-refractivity contribution is 0.0950. The zero-order chi connectivity index (χ0) is 18.7. The van der Waals surface area contributed by atoms with E-state index in [-0.39, 0.29) is 22.2 Å². The van der Waals surface area contributed by atoms with Gasteiger partial charge in [0.2, 0.25) is 0 Å². The smallest absolute Gasteiger partial charge is 0.267 e. The molecule has 0 aliphatic carbocycles. The molecule has 2 heterocycles. The van der Waals surface area contributed by atoms with E-state index in [1.807, 2.05) is 6.92 Å². The minimum atomic E-state index is -3.74. The van der Waals surface area contributed by atoms with Gasteiger partial charge in [-0.25, -0.2) is 17.4 Å². The van der Waals surface area contributed by atoms with Crippen molar-refractivity contribution in [2.75, 3.05) is 0 Å². The molecule has 0 atom stereocenters. The normalized spacial score (nSPS) is 11.3. The monoisotopic (exact) mass is 390 g/mol. The Balaban J connectivity index is 1.73. The van der Waals surface area contributed by atoms with E-state index in [4.69, 9.17) is 11.6 Å². The fraction of sp³-hybridized carbons (Fsp3) is 0.118. The maximum atomic E-state index is 12.6. The molecule has 1 aromatic carbocycles. The third kappa shape index (κ3) is 3.92. The number of amides is 1. The first-order valence-electron chi connectivity index (χ1n) is 7.61. The third-order valence-corrected chi connectivity index (χ3v) is 5.48. The largest absolute Gasteiger partial charge is 0.346 e. The van der Waals surface area contributed by atoms with Crippen LogP contribution < -0.4 is 5.32 Å². The van der Waals surface area contributed by atoms with Gasteiger partial charge in [0.05, 0.1) is 35.1 Å². The van der Waals surface area contributed by atoms with Gasteiger partial charge in [-0.15, -0.1) is 0 Å². The number of nitrogens with zero attached hydrogens (tertiary/aromatic N) is 3. The quantitative estimate of drug-likeness (QED) is 0.722. The summed E-state index contributed by atoms with van der Waals surface area (Å²) in [6, 6.07) is 7.94. The van der Waals surface area contributed by atoms with Crippen molar-refractivity contribution >= 4 is 27.5 Å². The molecule has 0 fully saturated rings. The van der Waals surface area contributed by atoms with Gasteiger partial charge < -0.3 is 5.32 Å². The number of halogens is 1. The summed E-state index contributed by atoms with van der Waals surface area (Å²) in [7, 11) is -3.74.